The van der Waals surface area contributed by atoms with Gasteiger partial charge in [-0.05, 0) is 28.1 Å². The van der Waals surface area contributed by atoms with Crippen molar-refractivity contribution in [1.29, 1.82) is 0 Å². The molecule has 0 aromatic carbocycles. The van der Waals surface area contributed by atoms with Gasteiger partial charge in [0.25, 0.3) is 0 Å². The highest BCUT2D eigenvalue weighted by Gasteiger charge is 2.11. The number of aliphatic hydroxyl groups is 1. The van der Waals surface area contributed by atoms with Crippen LogP contribution >= 0.6 is 15.9 Å². The Bertz CT molecular complexity index is 291. The highest BCUT2D eigenvalue weighted by molar-refractivity contribution is 9.10. The molecule has 3 nitrogen and oxygen atoms in total. The second-order valence-corrected chi connectivity index (χ2v) is 4.30. The highest BCUT2D eigenvalue weighted by Crippen LogP contribution is 2.19. The van der Waals surface area contributed by atoms with Crippen molar-refractivity contribution < 1.29 is 5.11 Å². The Hall–Kier alpha value is -0.450. The van der Waals surface area contributed by atoms with Crippen LogP contribution in [0.5, 0.6) is 0 Å². The van der Waals surface area contributed by atoms with Crippen LogP contribution in [0.25, 0.3) is 0 Å². The average molecular weight is 259 g/mol. The fourth-order valence-corrected chi connectivity index (χ4v) is 1.61. The molecule has 1 heterocycles. The van der Waals surface area contributed by atoms with E-state index in [1.807, 2.05) is 26.0 Å². The van der Waals surface area contributed by atoms with E-state index in [4.69, 9.17) is 0 Å². The van der Waals surface area contributed by atoms with Crippen LogP contribution in [0.4, 0.5) is 0 Å². The third-order valence-electron chi connectivity index (χ3n) is 1.82. The lowest BCUT2D eigenvalue weighted by atomic mass is 10.2. The summed E-state index contributed by atoms with van der Waals surface area (Å²) in [6.07, 6.45) is 1.12. The number of nitrogens with zero attached hydrogens (tertiary/aromatic N) is 1. The first-order valence-corrected chi connectivity index (χ1v) is 5.42. The molecule has 1 unspecified atom stereocenters. The summed E-state index contributed by atoms with van der Waals surface area (Å²) in [5.41, 5.74) is 0.681. The molecular weight excluding hydrogens is 244 g/mol. The second kappa shape index (κ2) is 5.44. The predicted octanol–water partition coefficient (Wildman–Crippen LogP) is 1.88. The molecule has 0 aliphatic carbocycles. The lowest BCUT2D eigenvalue weighted by Crippen LogP contribution is -2.28. The summed E-state index contributed by atoms with van der Waals surface area (Å²) in [6.45, 7) is 4.60. The SMILES string of the molecule is CC(C)NCC(O)c1ncccc1Br. The lowest BCUT2D eigenvalue weighted by molar-refractivity contribution is 0.166. The minimum absolute atomic E-state index is 0.368. The molecule has 0 saturated carbocycles. The zero-order valence-electron chi connectivity index (χ0n) is 8.37. The van der Waals surface area contributed by atoms with Gasteiger partial charge in [0.05, 0.1) is 5.69 Å². The zero-order chi connectivity index (χ0) is 10.6. The fourth-order valence-electron chi connectivity index (χ4n) is 1.09. The first kappa shape index (κ1) is 11.6. The molecule has 4 heteroatoms. The van der Waals surface area contributed by atoms with E-state index in [0.29, 0.717) is 18.3 Å². The van der Waals surface area contributed by atoms with E-state index >= 15 is 0 Å². The molecule has 2 N–H and O–H groups in total. The number of halogens is 1. The Balaban J connectivity index is 2.60. The van der Waals surface area contributed by atoms with E-state index in [9.17, 15) is 5.11 Å². The Labute approximate surface area is 92.7 Å². The minimum Gasteiger partial charge on any atom is -0.385 e. The van der Waals surface area contributed by atoms with Crippen LogP contribution in [0.1, 0.15) is 25.6 Å². The fraction of sp³-hybridized carbons (Fsp3) is 0.500. The molecule has 0 aliphatic heterocycles. The number of rotatable bonds is 4. The summed E-state index contributed by atoms with van der Waals surface area (Å²) >= 11 is 3.35. The monoisotopic (exact) mass is 258 g/mol. The van der Waals surface area contributed by atoms with Crippen molar-refractivity contribution in [1.82, 2.24) is 10.3 Å². The number of hydrogen-bond donors (Lipinski definition) is 2. The predicted molar refractivity (Wildman–Crippen MR) is 60.0 cm³/mol. The second-order valence-electron chi connectivity index (χ2n) is 3.45. The Morgan fingerprint density at radius 2 is 2.29 bits per heavy atom. The van der Waals surface area contributed by atoms with Crippen molar-refractivity contribution in [2.45, 2.75) is 26.0 Å². The maximum Gasteiger partial charge on any atom is 0.109 e. The number of nitrogens with one attached hydrogen (secondary N) is 1. The zero-order valence-corrected chi connectivity index (χ0v) is 9.95. The Morgan fingerprint density at radius 1 is 1.57 bits per heavy atom. The van der Waals surface area contributed by atoms with Gasteiger partial charge in [-0.1, -0.05) is 13.8 Å². The van der Waals surface area contributed by atoms with Gasteiger partial charge >= 0.3 is 0 Å². The lowest BCUT2D eigenvalue weighted by Gasteiger charge is -2.14. The molecule has 0 radical (unpaired) electrons. The van der Waals surface area contributed by atoms with Crippen molar-refractivity contribution in [3.8, 4) is 0 Å². The molecule has 0 aliphatic rings. The molecule has 0 spiro atoms. The van der Waals surface area contributed by atoms with Gasteiger partial charge in [0.2, 0.25) is 0 Å². The molecule has 78 valence electrons. The molecule has 0 bridgehead atoms. The summed E-state index contributed by atoms with van der Waals surface area (Å²) < 4.78 is 0.845. The average Bonchev–Trinajstić information content (AvgIpc) is 2.15. The van der Waals surface area contributed by atoms with Crippen LogP contribution in [0, 0.1) is 0 Å². The van der Waals surface area contributed by atoms with E-state index in [1.165, 1.54) is 0 Å². The van der Waals surface area contributed by atoms with Gasteiger partial charge in [-0.15, -0.1) is 0 Å². The molecule has 1 atom stereocenters. The van der Waals surface area contributed by atoms with Crippen molar-refractivity contribution in [3.63, 3.8) is 0 Å². The standard InChI is InChI=1S/C10H15BrN2O/c1-7(2)13-6-9(14)10-8(11)4-3-5-12-10/h3-5,7,9,13-14H,6H2,1-2H3. The van der Waals surface area contributed by atoms with Gasteiger partial charge in [-0.25, -0.2) is 0 Å². The molecule has 1 aromatic rings. The van der Waals surface area contributed by atoms with E-state index < -0.39 is 6.10 Å². The number of pyridine rings is 1. The summed E-state index contributed by atoms with van der Waals surface area (Å²) in [6, 6.07) is 4.07. The van der Waals surface area contributed by atoms with E-state index in [0.717, 1.165) is 4.47 Å². The molecule has 0 fully saturated rings. The van der Waals surface area contributed by atoms with Gasteiger partial charge in [0, 0.05) is 23.3 Å². The van der Waals surface area contributed by atoms with Gasteiger partial charge in [-0.3, -0.25) is 4.98 Å². The summed E-state index contributed by atoms with van der Waals surface area (Å²) in [7, 11) is 0. The van der Waals surface area contributed by atoms with Crippen LogP contribution in [0.15, 0.2) is 22.8 Å². The van der Waals surface area contributed by atoms with Crippen molar-refractivity contribution in [2.24, 2.45) is 0 Å². The first-order chi connectivity index (χ1) is 6.61. The van der Waals surface area contributed by atoms with E-state index in [1.54, 1.807) is 6.20 Å². The summed E-state index contributed by atoms with van der Waals surface area (Å²) in [4.78, 5) is 4.12. The van der Waals surface area contributed by atoms with Crippen molar-refractivity contribution >= 4 is 15.9 Å². The third kappa shape index (κ3) is 3.36. The van der Waals surface area contributed by atoms with Crippen LogP contribution in [-0.4, -0.2) is 22.7 Å². The van der Waals surface area contributed by atoms with Crippen LogP contribution in [0.2, 0.25) is 0 Å². The van der Waals surface area contributed by atoms with Gasteiger partial charge in [0.1, 0.15) is 6.10 Å². The molecular formula is C10H15BrN2O. The largest absolute Gasteiger partial charge is 0.385 e. The number of aromatic nitrogens is 1. The highest BCUT2D eigenvalue weighted by atomic mass is 79.9. The molecule has 0 amide bonds. The Morgan fingerprint density at radius 3 is 2.86 bits per heavy atom. The normalized spacial score (nSPS) is 13.2. The molecule has 14 heavy (non-hydrogen) atoms. The topological polar surface area (TPSA) is 45.1 Å². The van der Waals surface area contributed by atoms with Gasteiger partial charge in [0.15, 0.2) is 0 Å². The summed E-state index contributed by atoms with van der Waals surface area (Å²) in [5, 5.41) is 13.0. The molecule has 1 aromatic heterocycles. The van der Waals surface area contributed by atoms with Crippen LogP contribution in [-0.2, 0) is 0 Å². The summed E-state index contributed by atoms with van der Waals surface area (Å²) in [5.74, 6) is 0. The quantitative estimate of drug-likeness (QED) is 0.867. The van der Waals surface area contributed by atoms with Crippen LogP contribution < -0.4 is 5.32 Å². The Kier molecular flexibility index (Phi) is 4.51. The number of hydrogen-bond acceptors (Lipinski definition) is 3. The first-order valence-electron chi connectivity index (χ1n) is 4.63. The smallest absolute Gasteiger partial charge is 0.109 e. The van der Waals surface area contributed by atoms with Gasteiger partial charge < -0.3 is 10.4 Å². The van der Waals surface area contributed by atoms with Gasteiger partial charge in [-0.2, -0.15) is 0 Å². The molecule has 0 saturated heterocycles. The van der Waals surface area contributed by atoms with Crippen LogP contribution in [0.3, 0.4) is 0 Å². The van der Waals surface area contributed by atoms with E-state index in [-0.39, 0.29) is 0 Å². The maximum absolute atomic E-state index is 9.80. The maximum atomic E-state index is 9.80. The minimum atomic E-state index is -0.562. The number of aliphatic hydroxyl groups excluding tert-OH is 1. The molecule has 1 rings (SSSR count). The van der Waals surface area contributed by atoms with Crippen molar-refractivity contribution in [3.05, 3.63) is 28.5 Å². The van der Waals surface area contributed by atoms with Crippen molar-refractivity contribution in [2.75, 3.05) is 6.54 Å². The van der Waals surface area contributed by atoms with E-state index in [2.05, 4.69) is 26.2 Å². The third-order valence-corrected chi connectivity index (χ3v) is 2.49.